The first-order valence-corrected chi connectivity index (χ1v) is 5.43. The van der Waals surface area contributed by atoms with Crippen LogP contribution in [0.4, 0.5) is 0 Å². The smallest absolute Gasteiger partial charge is 0.00928 e. The van der Waals surface area contributed by atoms with Crippen LogP contribution in [-0.2, 0) is 0 Å². The van der Waals surface area contributed by atoms with Gasteiger partial charge in [-0.2, -0.15) is 0 Å². The molecule has 0 spiro atoms. The summed E-state index contributed by atoms with van der Waals surface area (Å²) in [5.41, 5.74) is 2.66. The number of hydrogen-bond acceptors (Lipinski definition) is 0. The summed E-state index contributed by atoms with van der Waals surface area (Å²) in [4.78, 5) is 0. The van der Waals surface area contributed by atoms with Crippen LogP contribution < -0.4 is 0 Å². The summed E-state index contributed by atoms with van der Waals surface area (Å²) < 4.78 is 0. The molecule has 1 unspecified atom stereocenters. The zero-order valence-corrected chi connectivity index (χ0v) is 8.98. The molecule has 0 heteroatoms. The fraction of sp³-hybridized carbons (Fsp3) is 0.200. The Balaban J connectivity index is 2.34. The van der Waals surface area contributed by atoms with Crippen molar-refractivity contribution < 1.29 is 0 Å². The lowest BCUT2D eigenvalue weighted by atomic mass is 9.89. The fourth-order valence-electron chi connectivity index (χ4n) is 1.94. The van der Waals surface area contributed by atoms with Crippen molar-refractivity contribution in [2.75, 3.05) is 0 Å². The lowest BCUT2D eigenvalue weighted by Crippen LogP contribution is -1.98. The molecule has 0 fully saturated rings. The minimum Gasteiger partial charge on any atom is -0.0645 e. The Morgan fingerprint density at radius 3 is 2.33 bits per heavy atom. The van der Waals surface area contributed by atoms with E-state index in [0.717, 1.165) is 6.42 Å². The fourth-order valence-corrected chi connectivity index (χ4v) is 1.94. The van der Waals surface area contributed by atoms with E-state index in [0.29, 0.717) is 5.92 Å². The Morgan fingerprint density at radius 1 is 1.00 bits per heavy atom. The van der Waals surface area contributed by atoms with Crippen LogP contribution in [0.1, 0.15) is 30.4 Å². The first-order valence-electron chi connectivity index (χ1n) is 5.43. The predicted molar refractivity (Wildman–Crippen MR) is 63.9 cm³/mol. The molecular weight excluding hydrogens is 180 g/mol. The van der Waals surface area contributed by atoms with Gasteiger partial charge in [-0.05, 0) is 23.6 Å². The molecule has 0 aliphatic carbocycles. The summed E-state index contributed by atoms with van der Waals surface area (Å²) in [5.74, 6) is 0.479. The molecule has 75 valence electrons. The van der Waals surface area contributed by atoms with Gasteiger partial charge in [0.05, 0.1) is 0 Å². The maximum Gasteiger partial charge on any atom is 0.00928 e. The van der Waals surface area contributed by atoms with Crippen molar-refractivity contribution in [3.8, 4) is 0 Å². The van der Waals surface area contributed by atoms with Crippen molar-refractivity contribution in [3.05, 3.63) is 71.8 Å². The number of benzene rings is 2. The summed E-state index contributed by atoms with van der Waals surface area (Å²) >= 11 is 0. The number of hydrogen-bond donors (Lipinski definition) is 0. The van der Waals surface area contributed by atoms with E-state index in [2.05, 4.69) is 55.5 Å². The molecule has 2 rings (SSSR count). The third kappa shape index (κ3) is 2.27. The molecule has 0 heterocycles. The molecule has 0 saturated heterocycles. The molecule has 15 heavy (non-hydrogen) atoms. The summed E-state index contributed by atoms with van der Waals surface area (Å²) in [5, 5.41) is 0. The van der Waals surface area contributed by atoms with Gasteiger partial charge in [-0.25, -0.2) is 0 Å². The molecule has 0 bridgehead atoms. The van der Waals surface area contributed by atoms with Crippen molar-refractivity contribution in [3.63, 3.8) is 0 Å². The van der Waals surface area contributed by atoms with Gasteiger partial charge in [0.2, 0.25) is 0 Å². The maximum absolute atomic E-state index is 3.32. The molecule has 0 aliphatic rings. The van der Waals surface area contributed by atoms with Gasteiger partial charge in [-0.1, -0.05) is 61.5 Å². The molecule has 2 aromatic carbocycles. The second kappa shape index (κ2) is 4.79. The van der Waals surface area contributed by atoms with Crippen LogP contribution in [0.25, 0.3) is 0 Å². The van der Waals surface area contributed by atoms with E-state index in [1.54, 1.807) is 0 Å². The van der Waals surface area contributed by atoms with Crippen LogP contribution in [0.5, 0.6) is 0 Å². The second-order valence-corrected chi connectivity index (χ2v) is 3.69. The molecule has 1 radical (unpaired) electrons. The Morgan fingerprint density at radius 2 is 1.73 bits per heavy atom. The second-order valence-electron chi connectivity index (χ2n) is 3.69. The Bertz CT molecular complexity index is 349. The van der Waals surface area contributed by atoms with Gasteiger partial charge in [0, 0.05) is 5.92 Å². The average molecular weight is 195 g/mol. The van der Waals surface area contributed by atoms with E-state index >= 15 is 0 Å². The van der Waals surface area contributed by atoms with Crippen molar-refractivity contribution in [2.45, 2.75) is 19.3 Å². The predicted octanol–water partition coefficient (Wildman–Crippen LogP) is 4.03. The third-order valence-corrected chi connectivity index (χ3v) is 2.72. The van der Waals surface area contributed by atoms with Crippen molar-refractivity contribution >= 4 is 0 Å². The van der Waals surface area contributed by atoms with Crippen molar-refractivity contribution in [1.29, 1.82) is 0 Å². The Labute approximate surface area is 91.6 Å². The lowest BCUT2D eigenvalue weighted by molar-refractivity contribution is 0.776. The van der Waals surface area contributed by atoms with Gasteiger partial charge in [0.15, 0.2) is 0 Å². The van der Waals surface area contributed by atoms with E-state index in [1.165, 1.54) is 11.1 Å². The lowest BCUT2D eigenvalue weighted by Gasteiger charge is -2.15. The van der Waals surface area contributed by atoms with E-state index in [9.17, 15) is 0 Å². The molecule has 0 nitrogen and oxygen atoms in total. The molecule has 0 amide bonds. The van der Waals surface area contributed by atoms with Crippen molar-refractivity contribution in [2.24, 2.45) is 0 Å². The molecular formula is C15H15. The van der Waals surface area contributed by atoms with Gasteiger partial charge >= 0.3 is 0 Å². The molecule has 2 aromatic rings. The Kier molecular flexibility index (Phi) is 3.18. The van der Waals surface area contributed by atoms with Crippen LogP contribution in [0.2, 0.25) is 0 Å². The topological polar surface area (TPSA) is 0 Å². The quantitative estimate of drug-likeness (QED) is 0.693. The highest BCUT2D eigenvalue weighted by molar-refractivity contribution is 5.31. The molecule has 0 aliphatic heterocycles. The zero-order valence-electron chi connectivity index (χ0n) is 8.98. The highest BCUT2D eigenvalue weighted by Gasteiger charge is 2.10. The summed E-state index contributed by atoms with van der Waals surface area (Å²) in [6.45, 7) is 2.22. The molecule has 0 aromatic heterocycles. The minimum atomic E-state index is 0.479. The zero-order chi connectivity index (χ0) is 10.5. The van der Waals surface area contributed by atoms with E-state index in [1.807, 2.05) is 12.1 Å². The standard InChI is InChI=1S/C15H15/c1-2-15(13-9-5-3-6-10-13)14-11-7-4-8-12-14/h3-11,15H,2H2,1H3. The minimum absolute atomic E-state index is 0.479. The van der Waals surface area contributed by atoms with Crippen LogP contribution in [-0.4, -0.2) is 0 Å². The van der Waals surface area contributed by atoms with Gasteiger partial charge in [0.1, 0.15) is 0 Å². The van der Waals surface area contributed by atoms with Crippen LogP contribution >= 0.6 is 0 Å². The SMILES string of the molecule is CCC(c1[c]cccc1)c1ccccc1. The van der Waals surface area contributed by atoms with E-state index < -0.39 is 0 Å². The largest absolute Gasteiger partial charge is 0.0645 e. The van der Waals surface area contributed by atoms with E-state index in [4.69, 9.17) is 0 Å². The highest BCUT2D eigenvalue weighted by Crippen LogP contribution is 2.26. The van der Waals surface area contributed by atoms with Gasteiger partial charge < -0.3 is 0 Å². The van der Waals surface area contributed by atoms with Crippen molar-refractivity contribution in [1.82, 2.24) is 0 Å². The first kappa shape index (κ1) is 9.97. The molecule has 1 atom stereocenters. The maximum atomic E-state index is 3.32. The van der Waals surface area contributed by atoms with Crippen LogP contribution in [0.15, 0.2) is 54.6 Å². The first-order chi connectivity index (χ1) is 7.42. The van der Waals surface area contributed by atoms with Crippen LogP contribution in [0.3, 0.4) is 0 Å². The molecule has 0 N–H and O–H groups in total. The van der Waals surface area contributed by atoms with Crippen LogP contribution in [0, 0.1) is 6.07 Å². The summed E-state index contributed by atoms with van der Waals surface area (Å²) in [6.07, 6.45) is 1.12. The van der Waals surface area contributed by atoms with Gasteiger partial charge in [-0.3, -0.25) is 0 Å². The Hall–Kier alpha value is -1.56. The van der Waals surface area contributed by atoms with Gasteiger partial charge in [0.25, 0.3) is 0 Å². The normalized spacial score (nSPS) is 10.5. The molecule has 0 saturated carbocycles. The highest BCUT2D eigenvalue weighted by atomic mass is 14.1. The summed E-state index contributed by atoms with van der Waals surface area (Å²) in [6, 6.07) is 22.2. The summed E-state index contributed by atoms with van der Waals surface area (Å²) in [7, 11) is 0. The van der Waals surface area contributed by atoms with Gasteiger partial charge in [-0.15, -0.1) is 0 Å². The number of rotatable bonds is 3. The third-order valence-electron chi connectivity index (χ3n) is 2.72. The monoisotopic (exact) mass is 195 g/mol. The average Bonchev–Trinajstić information content (AvgIpc) is 2.33. The van der Waals surface area contributed by atoms with E-state index in [-0.39, 0.29) is 0 Å².